The van der Waals surface area contributed by atoms with Gasteiger partial charge < -0.3 is 9.64 Å². The number of hydrogen-bond acceptors (Lipinski definition) is 5. The molecule has 0 aromatic heterocycles. The summed E-state index contributed by atoms with van der Waals surface area (Å²) in [5.74, 6) is -0.176. The molecule has 0 saturated carbocycles. The van der Waals surface area contributed by atoms with Crippen molar-refractivity contribution in [3.05, 3.63) is 60.2 Å². The fraction of sp³-hybridized carbons (Fsp3) is 0.222. The largest absolute Gasteiger partial charge is 0.365 e. The highest BCUT2D eigenvalue weighted by Crippen LogP contribution is 2.19. The molecule has 8 heteroatoms. The Kier molecular flexibility index (Phi) is 5.32. The lowest BCUT2D eigenvalue weighted by atomic mass is 10.2. The molecule has 1 aliphatic heterocycles. The third-order valence-electron chi connectivity index (χ3n) is 4.00. The van der Waals surface area contributed by atoms with Gasteiger partial charge in [-0.05, 0) is 24.3 Å². The van der Waals surface area contributed by atoms with Gasteiger partial charge in [-0.1, -0.05) is 30.3 Å². The van der Waals surface area contributed by atoms with E-state index >= 15 is 0 Å². The number of rotatable bonds is 5. The summed E-state index contributed by atoms with van der Waals surface area (Å²) in [5, 5.41) is 9.08. The minimum absolute atomic E-state index is 0.00128. The number of sulfonamides is 1. The lowest BCUT2D eigenvalue weighted by molar-refractivity contribution is -0.129. The van der Waals surface area contributed by atoms with Crippen LogP contribution in [0.3, 0.4) is 0 Å². The number of carbonyl (C=O) groups is 1. The van der Waals surface area contributed by atoms with E-state index in [0.29, 0.717) is 0 Å². The van der Waals surface area contributed by atoms with Crippen molar-refractivity contribution in [2.24, 2.45) is 0 Å². The van der Waals surface area contributed by atoms with Crippen molar-refractivity contribution >= 4 is 21.6 Å². The maximum Gasteiger partial charge on any atom is 0.253 e. The van der Waals surface area contributed by atoms with Crippen LogP contribution in [0.1, 0.15) is 5.56 Å². The van der Waals surface area contributed by atoms with Gasteiger partial charge in [-0.15, -0.1) is 0 Å². The van der Waals surface area contributed by atoms with Crippen LogP contribution in [0.2, 0.25) is 0 Å². The van der Waals surface area contributed by atoms with E-state index < -0.39 is 16.1 Å². The van der Waals surface area contributed by atoms with E-state index in [1.807, 2.05) is 36.4 Å². The number of nitrogens with one attached hydrogen (secondary N) is 1. The second-order valence-electron chi connectivity index (χ2n) is 5.73. The number of ether oxygens (including phenoxy) is 1. The fourth-order valence-corrected chi connectivity index (χ4v) is 3.90. The molecule has 0 spiro atoms. The van der Waals surface area contributed by atoms with Gasteiger partial charge in [0, 0.05) is 12.2 Å². The fourth-order valence-electron chi connectivity index (χ4n) is 2.68. The first-order valence-corrected chi connectivity index (χ1v) is 9.45. The molecule has 0 aliphatic carbocycles. The van der Waals surface area contributed by atoms with Crippen molar-refractivity contribution in [3.63, 3.8) is 0 Å². The molecule has 1 heterocycles. The van der Waals surface area contributed by atoms with Gasteiger partial charge in [0.1, 0.15) is 12.7 Å². The lowest BCUT2D eigenvalue weighted by Crippen LogP contribution is -2.50. The van der Waals surface area contributed by atoms with Crippen LogP contribution in [-0.2, 0) is 19.6 Å². The summed E-state index contributed by atoms with van der Waals surface area (Å²) in [7, 11) is -3.85. The molecule has 7 nitrogen and oxygen atoms in total. The van der Waals surface area contributed by atoms with Gasteiger partial charge in [-0.25, -0.2) is 13.1 Å². The van der Waals surface area contributed by atoms with Gasteiger partial charge in [0.15, 0.2) is 0 Å². The molecule has 1 saturated heterocycles. The number of nitriles is 1. The summed E-state index contributed by atoms with van der Waals surface area (Å²) >= 11 is 0. The van der Waals surface area contributed by atoms with Crippen molar-refractivity contribution in [3.8, 4) is 6.07 Å². The molecule has 1 unspecified atom stereocenters. The first-order valence-electron chi connectivity index (χ1n) is 7.97. The Morgan fingerprint density at radius 2 is 1.85 bits per heavy atom. The third-order valence-corrected chi connectivity index (χ3v) is 5.48. The highest BCUT2D eigenvalue weighted by atomic mass is 32.2. The van der Waals surface area contributed by atoms with Crippen LogP contribution < -0.4 is 9.62 Å². The zero-order valence-corrected chi connectivity index (χ0v) is 14.6. The summed E-state index contributed by atoms with van der Waals surface area (Å²) in [6.45, 7) is 0.125. The van der Waals surface area contributed by atoms with Crippen LogP contribution in [-0.4, -0.2) is 40.1 Å². The zero-order valence-electron chi connectivity index (χ0n) is 13.8. The SMILES string of the molecule is N#Cc1ccccc1S(=O)(=O)NCC1CN(c2ccccc2)C(=O)CO1. The van der Waals surface area contributed by atoms with Gasteiger partial charge in [-0.3, -0.25) is 4.79 Å². The summed E-state index contributed by atoms with van der Waals surface area (Å²) in [5.41, 5.74) is 0.814. The normalized spacial score (nSPS) is 17.7. The van der Waals surface area contributed by atoms with E-state index in [0.717, 1.165) is 5.69 Å². The van der Waals surface area contributed by atoms with Crippen molar-refractivity contribution in [1.82, 2.24) is 4.72 Å². The number of amides is 1. The highest BCUT2D eigenvalue weighted by molar-refractivity contribution is 7.89. The van der Waals surface area contributed by atoms with E-state index in [9.17, 15) is 13.2 Å². The summed E-state index contributed by atoms with van der Waals surface area (Å²) in [4.78, 5) is 13.6. The Morgan fingerprint density at radius 3 is 2.58 bits per heavy atom. The van der Waals surface area contributed by atoms with E-state index in [1.54, 1.807) is 17.0 Å². The Hall–Kier alpha value is -2.73. The van der Waals surface area contributed by atoms with Crippen LogP contribution in [0.5, 0.6) is 0 Å². The summed E-state index contributed by atoms with van der Waals surface area (Å²) in [6.07, 6.45) is -0.489. The average molecular weight is 371 g/mol. The van der Waals surface area contributed by atoms with Gasteiger partial charge in [0.25, 0.3) is 5.91 Å². The Morgan fingerprint density at radius 1 is 1.15 bits per heavy atom. The van der Waals surface area contributed by atoms with Gasteiger partial charge in [-0.2, -0.15) is 5.26 Å². The molecule has 1 amide bonds. The zero-order chi connectivity index (χ0) is 18.6. The molecule has 134 valence electrons. The molecule has 26 heavy (non-hydrogen) atoms. The number of nitrogens with zero attached hydrogens (tertiary/aromatic N) is 2. The molecule has 1 fully saturated rings. The Labute approximate surface area is 151 Å². The molecule has 1 aliphatic rings. The van der Waals surface area contributed by atoms with Crippen LogP contribution in [0.15, 0.2) is 59.5 Å². The van der Waals surface area contributed by atoms with Crippen LogP contribution >= 0.6 is 0 Å². The maximum atomic E-state index is 12.5. The molecule has 2 aromatic carbocycles. The highest BCUT2D eigenvalue weighted by Gasteiger charge is 2.29. The summed E-state index contributed by atoms with van der Waals surface area (Å²) in [6, 6.07) is 17.0. The van der Waals surface area contributed by atoms with Crippen molar-refractivity contribution in [2.45, 2.75) is 11.0 Å². The average Bonchev–Trinajstić information content (AvgIpc) is 2.68. The topological polar surface area (TPSA) is 99.5 Å². The van der Waals surface area contributed by atoms with Crippen molar-refractivity contribution < 1.29 is 17.9 Å². The van der Waals surface area contributed by atoms with Gasteiger partial charge >= 0.3 is 0 Å². The van der Waals surface area contributed by atoms with Crippen LogP contribution in [0, 0.1) is 11.3 Å². The van der Waals surface area contributed by atoms with Gasteiger partial charge in [0.05, 0.1) is 23.1 Å². The smallest absolute Gasteiger partial charge is 0.253 e. The van der Waals surface area contributed by atoms with E-state index in [4.69, 9.17) is 10.00 Å². The molecule has 2 aromatic rings. The van der Waals surface area contributed by atoms with Crippen LogP contribution in [0.4, 0.5) is 5.69 Å². The standard InChI is InChI=1S/C18H17N3O4S/c19-10-14-6-4-5-9-17(14)26(23,24)20-11-16-12-21(18(22)13-25-16)15-7-2-1-3-8-15/h1-9,16,20H,11-13H2. The molecule has 1 atom stereocenters. The third kappa shape index (κ3) is 3.91. The second-order valence-corrected chi connectivity index (χ2v) is 7.47. The maximum absolute atomic E-state index is 12.5. The predicted molar refractivity (Wildman–Crippen MR) is 94.9 cm³/mol. The number of para-hydroxylation sites is 1. The van der Waals surface area contributed by atoms with E-state index in [2.05, 4.69) is 4.72 Å². The van der Waals surface area contributed by atoms with E-state index in [-0.39, 0.29) is 36.1 Å². The van der Waals surface area contributed by atoms with Crippen LogP contribution in [0.25, 0.3) is 0 Å². The number of anilines is 1. The van der Waals surface area contributed by atoms with Crippen molar-refractivity contribution in [2.75, 3.05) is 24.6 Å². The lowest BCUT2D eigenvalue weighted by Gasteiger charge is -2.32. The van der Waals surface area contributed by atoms with Crippen molar-refractivity contribution in [1.29, 1.82) is 5.26 Å². The minimum Gasteiger partial charge on any atom is -0.365 e. The number of benzene rings is 2. The van der Waals surface area contributed by atoms with E-state index in [1.165, 1.54) is 12.1 Å². The molecular formula is C18H17N3O4S. The first kappa shape index (κ1) is 18.1. The van der Waals surface area contributed by atoms with Gasteiger partial charge in [0.2, 0.25) is 10.0 Å². The molecule has 1 N–H and O–H groups in total. The Bertz CT molecular complexity index is 938. The minimum atomic E-state index is -3.85. The molecule has 0 bridgehead atoms. The monoisotopic (exact) mass is 371 g/mol. The molecule has 3 rings (SSSR count). The predicted octanol–water partition coefficient (Wildman–Crippen LogP) is 1.27. The number of hydrogen-bond donors (Lipinski definition) is 1. The number of morpholine rings is 1. The second kappa shape index (κ2) is 7.66. The quantitative estimate of drug-likeness (QED) is 0.853. The molecular weight excluding hydrogens is 354 g/mol. The Balaban J connectivity index is 1.70. The summed E-state index contributed by atoms with van der Waals surface area (Å²) < 4.78 is 32.9. The first-order chi connectivity index (χ1) is 12.5. The molecule has 0 radical (unpaired) electrons. The number of carbonyl (C=O) groups excluding carboxylic acids is 1.